The summed E-state index contributed by atoms with van der Waals surface area (Å²) in [7, 11) is 0. The number of nitrogens with one attached hydrogen (secondary N) is 1. The minimum Gasteiger partial charge on any atom is -0.478 e. The number of nitro benzene ring substituents is 1. The number of hydrogen-bond donors (Lipinski definition) is 2. The van der Waals surface area contributed by atoms with Gasteiger partial charge in [0.1, 0.15) is 5.82 Å². The highest BCUT2D eigenvalue weighted by molar-refractivity contribution is 6.10. The molecule has 0 unspecified atom stereocenters. The van der Waals surface area contributed by atoms with Crippen molar-refractivity contribution in [2.24, 2.45) is 0 Å². The summed E-state index contributed by atoms with van der Waals surface area (Å²) in [5, 5.41) is 22.3. The zero-order valence-corrected chi connectivity index (χ0v) is 11.4. The molecule has 1 aromatic carbocycles. The summed E-state index contributed by atoms with van der Waals surface area (Å²) in [5.41, 5.74) is -0.344. The molecular formula is C14H11N3O5. The lowest BCUT2D eigenvalue weighted by atomic mass is 10.1. The van der Waals surface area contributed by atoms with Crippen LogP contribution in [0, 0.1) is 17.0 Å². The predicted molar refractivity (Wildman–Crippen MR) is 77.0 cm³/mol. The maximum atomic E-state index is 12.1. The highest BCUT2D eigenvalue weighted by atomic mass is 16.6. The second-order valence-corrected chi connectivity index (χ2v) is 4.41. The minimum absolute atomic E-state index is 0.179. The SMILES string of the molecule is Cc1cccc(NC(=O)c2ccc([N+](=O)[O-])cc2C(=O)O)n1. The van der Waals surface area contributed by atoms with E-state index in [4.69, 9.17) is 5.11 Å². The number of benzene rings is 1. The Balaban J connectivity index is 2.36. The van der Waals surface area contributed by atoms with E-state index in [0.717, 1.165) is 18.2 Å². The molecule has 2 rings (SSSR count). The third-order valence-electron chi connectivity index (χ3n) is 2.82. The van der Waals surface area contributed by atoms with Gasteiger partial charge in [-0.05, 0) is 25.1 Å². The second kappa shape index (κ2) is 6.00. The zero-order chi connectivity index (χ0) is 16.3. The van der Waals surface area contributed by atoms with Crippen molar-refractivity contribution in [2.75, 3.05) is 5.32 Å². The maximum Gasteiger partial charge on any atom is 0.336 e. The molecule has 1 amide bonds. The van der Waals surface area contributed by atoms with Crippen LogP contribution in [0.1, 0.15) is 26.4 Å². The van der Waals surface area contributed by atoms with Crippen molar-refractivity contribution in [3.63, 3.8) is 0 Å². The van der Waals surface area contributed by atoms with E-state index < -0.39 is 28.1 Å². The van der Waals surface area contributed by atoms with E-state index in [0.29, 0.717) is 5.69 Å². The quantitative estimate of drug-likeness (QED) is 0.659. The Morgan fingerprint density at radius 1 is 1.23 bits per heavy atom. The van der Waals surface area contributed by atoms with Crippen molar-refractivity contribution < 1.29 is 19.6 Å². The van der Waals surface area contributed by atoms with Gasteiger partial charge in [-0.15, -0.1) is 0 Å². The lowest BCUT2D eigenvalue weighted by Gasteiger charge is -2.07. The largest absolute Gasteiger partial charge is 0.478 e. The molecular weight excluding hydrogens is 290 g/mol. The first-order valence-corrected chi connectivity index (χ1v) is 6.15. The molecule has 2 aromatic rings. The van der Waals surface area contributed by atoms with E-state index in [9.17, 15) is 19.7 Å². The molecule has 0 radical (unpaired) electrons. The summed E-state index contributed by atoms with van der Waals surface area (Å²) >= 11 is 0. The smallest absolute Gasteiger partial charge is 0.336 e. The molecule has 0 fully saturated rings. The number of anilines is 1. The van der Waals surface area contributed by atoms with E-state index in [-0.39, 0.29) is 11.4 Å². The summed E-state index contributed by atoms with van der Waals surface area (Å²) in [6, 6.07) is 8.01. The summed E-state index contributed by atoms with van der Waals surface area (Å²) < 4.78 is 0. The predicted octanol–water partition coefficient (Wildman–Crippen LogP) is 2.25. The van der Waals surface area contributed by atoms with Crippen molar-refractivity contribution in [1.29, 1.82) is 0 Å². The number of carbonyl (C=O) groups is 2. The Bertz CT molecular complexity index is 773. The van der Waals surface area contributed by atoms with Gasteiger partial charge < -0.3 is 10.4 Å². The van der Waals surface area contributed by atoms with Crippen molar-refractivity contribution in [1.82, 2.24) is 4.98 Å². The fraction of sp³-hybridized carbons (Fsp3) is 0.0714. The third kappa shape index (κ3) is 3.23. The number of amides is 1. The molecule has 0 aliphatic heterocycles. The minimum atomic E-state index is -1.42. The molecule has 0 aliphatic rings. The molecule has 8 heteroatoms. The van der Waals surface area contributed by atoms with Gasteiger partial charge in [-0.1, -0.05) is 6.07 Å². The molecule has 2 N–H and O–H groups in total. The monoisotopic (exact) mass is 301 g/mol. The average Bonchev–Trinajstić information content (AvgIpc) is 2.46. The van der Waals surface area contributed by atoms with Crippen LogP contribution in [0.4, 0.5) is 11.5 Å². The summed E-state index contributed by atoms with van der Waals surface area (Å²) in [6.07, 6.45) is 0. The summed E-state index contributed by atoms with van der Waals surface area (Å²) in [6.45, 7) is 1.74. The van der Waals surface area contributed by atoms with Crippen molar-refractivity contribution >= 4 is 23.4 Å². The molecule has 0 atom stereocenters. The first-order valence-electron chi connectivity index (χ1n) is 6.15. The molecule has 112 valence electrons. The lowest BCUT2D eigenvalue weighted by Crippen LogP contribution is -2.17. The highest BCUT2D eigenvalue weighted by Crippen LogP contribution is 2.19. The van der Waals surface area contributed by atoms with Crippen molar-refractivity contribution in [3.05, 3.63) is 63.3 Å². The van der Waals surface area contributed by atoms with Gasteiger partial charge in [0, 0.05) is 17.8 Å². The van der Waals surface area contributed by atoms with E-state index in [1.807, 2.05) is 0 Å². The van der Waals surface area contributed by atoms with Gasteiger partial charge in [0.15, 0.2) is 0 Å². The van der Waals surface area contributed by atoms with Crippen LogP contribution in [-0.2, 0) is 0 Å². The number of rotatable bonds is 4. The number of carbonyl (C=O) groups excluding carboxylic acids is 1. The van der Waals surface area contributed by atoms with Crippen LogP contribution in [0.3, 0.4) is 0 Å². The molecule has 1 aromatic heterocycles. The van der Waals surface area contributed by atoms with E-state index in [2.05, 4.69) is 10.3 Å². The number of aromatic nitrogens is 1. The third-order valence-corrected chi connectivity index (χ3v) is 2.82. The van der Waals surface area contributed by atoms with Crippen molar-refractivity contribution in [2.45, 2.75) is 6.92 Å². The Labute approximate surface area is 124 Å². The van der Waals surface area contributed by atoms with Gasteiger partial charge in [-0.3, -0.25) is 14.9 Å². The van der Waals surface area contributed by atoms with Gasteiger partial charge in [-0.2, -0.15) is 0 Å². The summed E-state index contributed by atoms with van der Waals surface area (Å²) in [4.78, 5) is 37.4. The Morgan fingerprint density at radius 2 is 1.95 bits per heavy atom. The number of carboxylic acid groups (broad SMARTS) is 1. The molecule has 0 aliphatic carbocycles. The zero-order valence-electron chi connectivity index (χ0n) is 11.4. The molecule has 0 spiro atoms. The first kappa shape index (κ1) is 15.1. The van der Waals surface area contributed by atoms with Crippen LogP contribution in [0.25, 0.3) is 0 Å². The highest BCUT2D eigenvalue weighted by Gasteiger charge is 2.20. The number of non-ortho nitro benzene ring substituents is 1. The number of nitrogens with zero attached hydrogens (tertiary/aromatic N) is 2. The van der Waals surface area contributed by atoms with E-state index >= 15 is 0 Å². The fourth-order valence-corrected chi connectivity index (χ4v) is 1.82. The Hall–Kier alpha value is -3.29. The standard InChI is InChI=1S/C14H11N3O5/c1-8-3-2-4-12(15-8)16-13(18)10-6-5-9(17(21)22)7-11(10)14(19)20/h2-7H,1H3,(H,19,20)(H,15,16,18). The van der Waals surface area contributed by atoms with Crippen LogP contribution in [0.2, 0.25) is 0 Å². The maximum absolute atomic E-state index is 12.1. The molecule has 0 saturated heterocycles. The number of pyridine rings is 1. The molecule has 0 bridgehead atoms. The molecule has 22 heavy (non-hydrogen) atoms. The number of carboxylic acids is 1. The number of aromatic carboxylic acids is 1. The Kier molecular flexibility index (Phi) is 4.12. The lowest BCUT2D eigenvalue weighted by molar-refractivity contribution is -0.384. The number of hydrogen-bond acceptors (Lipinski definition) is 5. The van der Waals surface area contributed by atoms with E-state index in [1.54, 1.807) is 25.1 Å². The average molecular weight is 301 g/mol. The van der Waals surface area contributed by atoms with Crippen LogP contribution >= 0.6 is 0 Å². The summed E-state index contributed by atoms with van der Waals surface area (Å²) in [5.74, 6) is -1.86. The van der Waals surface area contributed by atoms with Crippen LogP contribution in [-0.4, -0.2) is 26.9 Å². The molecule has 0 saturated carbocycles. The topological polar surface area (TPSA) is 122 Å². The fourth-order valence-electron chi connectivity index (χ4n) is 1.82. The Morgan fingerprint density at radius 3 is 2.55 bits per heavy atom. The van der Waals surface area contributed by atoms with E-state index in [1.165, 1.54) is 0 Å². The van der Waals surface area contributed by atoms with Gasteiger partial charge >= 0.3 is 5.97 Å². The van der Waals surface area contributed by atoms with Gasteiger partial charge in [0.2, 0.25) is 0 Å². The van der Waals surface area contributed by atoms with Crippen LogP contribution in [0.5, 0.6) is 0 Å². The first-order chi connectivity index (χ1) is 10.4. The van der Waals surface area contributed by atoms with Crippen LogP contribution in [0.15, 0.2) is 36.4 Å². The van der Waals surface area contributed by atoms with Crippen molar-refractivity contribution in [3.8, 4) is 0 Å². The number of nitro groups is 1. The van der Waals surface area contributed by atoms with Gasteiger partial charge in [0.05, 0.1) is 16.1 Å². The second-order valence-electron chi connectivity index (χ2n) is 4.41. The van der Waals surface area contributed by atoms with Crippen LogP contribution < -0.4 is 5.32 Å². The van der Waals surface area contributed by atoms with Gasteiger partial charge in [-0.25, -0.2) is 9.78 Å². The number of aryl methyl sites for hydroxylation is 1. The van der Waals surface area contributed by atoms with Gasteiger partial charge in [0.25, 0.3) is 11.6 Å². The molecule has 1 heterocycles. The normalized spacial score (nSPS) is 10.0. The molecule has 8 nitrogen and oxygen atoms in total.